The topological polar surface area (TPSA) is 9.23 Å². The molecule has 66 valence electrons. The Morgan fingerprint density at radius 3 is 2.73 bits per heavy atom. The highest BCUT2D eigenvalue weighted by atomic mass is 79.9. The molecule has 0 aromatic rings. The Bertz CT molecular complexity index is 108. The first-order valence-corrected chi connectivity index (χ1v) is 5.37. The number of rotatable bonds is 3. The summed E-state index contributed by atoms with van der Waals surface area (Å²) in [6.07, 6.45) is 4.29. The van der Waals surface area contributed by atoms with E-state index in [2.05, 4.69) is 29.8 Å². The van der Waals surface area contributed by atoms with Crippen LogP contribution in [0.25, 0.3) is 0 Å². The smallest absolute Gasteiger partial charge is 0.0578 e. The summed E-state index contributed by atoms with van der Waals surface area (Å²) in [5, 5.41) is 0. The van der Waals surface area contributed by atoms with Crippen molar-refractivity contribution in [1.82, 2.24) is 0 Å². The summed E-state index contributed by atoms with van der Waals surface area (Å²) in [6, 6.07) is 0. The Morgan fingerprint density at radius 1 is 1.55 bits per heavy atom. The molecule has 0 aromatic heterocycles. The molecule has 1 heterocycles. The van der Waals surface area contributed by atoms with E-state index in [0.717, 1.165) is 12.5 Å². The van der Waals surface area contributed by atoms with Gasteiger partial charge >= 0.3 is 0 Å². The molecule has 1 aliphatic rings. The number of alkyl halides is 1. The third kappa shape index (κ3) is 3.12. The Kier molecular flexibility index (Phi) is 3.86. The van der Waals surface area contributed by atoms with E-state index in [1.165, 1.54) is 19.3 Å². The minimum absolute atomic E-state index is 0.546. The van der Waals surface area contributed by atoms with Crippen molar-refractivity contribution in [3.8, 4) is 0 Å². The first kappa shape index (κ1) is 9.53. The van der Waals surface area contributed by atoms with E-state index in [4.69, 9.17) is 4.74 Å². The van der Waals surface area contributed by atoms with Gasteiger partial charge in [-0.05, 0) is 25.2 Å². The van der Waals surface area contributed by atoms with Gasteiger partial charge in [0.05, 0.1) is 6.10 Å². The van der Waals surface area contributed by atoms with Crippen LogP contribution in [0.3, 0.4) is 0 Å². The van der Waals surface area contributed by atoms with Gasteiger partial charge in [0.15, 0.2) is 0 Å². The average molecular weight is 221 g/mol. The maximum absolute atomic E-state index is 5.55. The molecule has 0 saturated carbocycles. The van der Waals surface area contributed by atoms with Crippen molar-refractivity contribution in [1.29, 1.82) is 0 Å². The molecule has 0 bridgehead atoms. The highest BCUT2D eigenvalue weighted by molar-refractivity contribution is 9.09. The minimum Gasteiger partial charge on any atom is -0.378 e. The molecule has 0 spiro atoms. The zero-order chi connectivity index (χ0) is 8.27. The average Bonchev–Trinajstić information content (AvgIpc) is 2.39. The van der Waals surface area contributed by atoms with Crippen LogP contribution < -0.4 is 0 Å². The molecule has 2 heteroatoms. The first-order chi connectivity index (χ1) is 5.20. The Hall–Kier alpha value is 0.440. The molecule has 11 heavy (non-hydrogen) atoms. The lowest BCUT2D eigenvalue weighted by Gasteiger charge is -2.17. The largest absolute Gasteiger partial charge is 0.378 e. The van der Waals surface area contributed by atoms with Gasteiger partial charge in [0.25, 0.3) is 0 Å². The molecule has 0 radical (unpaired) electrons. The maximum Gasteiger partial charge on any atom is 0.0578 e. The zero-order valence-electron chi connectivity index (χ0n) is 7.35. The van der Waals surface area contributed by atoms with Crippen molar-refractivity contribution in [2.24, 2.45) is 5.92 Å². The van der Waals surface area contributed by atoms with Crippen LogP contribution in [0.1, 0.15) is 33.1 Å². The summed E-state index contributed by atoms with van der Waals surface area (Å²) in [5.41, 5.74) is 0. The molecular weight excluding hydrogens is 204 g/mol. The van der Waals surface area contributed by atoms with Gasteiger partial charge in [0.2, 0.25) is 0 Å². The lowest BCUT2D eigenvalue weighted by molar-refractivity contribution is 0.0921. The lowest BCUT2D eigenvalue weighted by atomic mass is 9.99. The van der Waals surface area contributed by atoms with Crippen LogP contribution in [0.2, 0.25) is 0 Å². The summed E-state index contributed by atoms with van der Waals surface area (Å²) in [4.78, 5) is 0.617. The van der Waals surface area contributed by atoms with Crippen molar-refractivity contribution in [2.45, 2.75) is 44.0 Å². The van der Waals surface area contributed by atoms with Crippen LogP contribution in [-0.4, -0.2) is 17.5 Å². The Labute approximate surface area is 77.6 Å². The minimum atomic E-state index is 0.546. The molecule has 0 aromatic carbocycles. The van der Waals surface area contributed by atoms with Crippen molar-refractivity contribution in [3.63, 3.8) is 0 Å². The van der Waals surface area contributed by atoms with E-state index in [9.17, 15) is 0 Å². The molecule has 3 unspecified atom stereocenters. The number of hydrogen-bond donors (Lipinski definition) is 0. The van der Waals surface area contributed by atoms with Crippen LogP contribution in [0.4, 0.5) is 0 Å². The molecule has 1 saturated heterocycles. The van der Waals surface area contributed by atoms with Crippen molar-refractivity contribution >= 4 is 15.9 Å². The van der Waals surface area contributed by atoms with Gasteiger partial charge in [0.1, 0.15) is 0 Å². The lowest BCUT2D eigenvalue weighted by Crippen LogP contribution is -2.15. The van der Waals surface area contributed by atoms with Gasteiger partial charge in [-0.25, -0.2) is 0 Å². The van der Waals surface area contributed by atoms with E-state index in [-0.39, 0.29) is 0 Å². The van der Waals surface area contributed by atoms with Gasteiger partial charge in [-0.1, -0.05) is 29.8 Å². The second-order valence-corrected chi connectivity index (χ2v) is 4.97. The summed E-state index contributed by atoms with van der Waals surface area (Å²) < 4.78 is 5.55. The second-order valence-electron chi connectivity index (χ2n) is 3.53. The van der Waals surface area contributed by atoms with Crippen molar-refractivity contribution < 1.29 is 4.74 Å². The monoisotopic (exact) mass is 220 g/mol. The van der Waals surface area contributed by atoms with E-state index < -0.39 is 0 Å². The summed E-state index contributed by atoms with van der Waals surface area (Å²) in [5.74, 6) is 0.734. The molecular formula is C9H17BrO. The van der Waals surface area contributed by atoms with E-state index in [0.29, 0.717) is 10.9 Å². The molecule has 0 N–H and O–H groups in total. The van der Waals surface area contributed by atoms with Crippen LogP contribution in [0, 0.1) is 5.92 Å². The highest BCUT2D eigenvalue weighted by Gasteiger charge is 2.20. The van der Waals surface area contributed by atoms with Gasteiger partial charge in [-0.3, -0.25) is 0 Å². The standard InChI is InChI=1S/C9H17BrO/c1-7(8(2)10)6-9-4-3-5-11-9/h7-9H,3-6H2,1-2H3. The van der Waals surface area contributed by atoms with E-state index in [1.807, 2.05) is 0 Å². The predicted molar refractivity (Wildman–Crippen MR) is 51.1 cm³/mol. The number of halogens is 1. The molecule has 0 aliphatic carbocycles. The third-order valence-corrected chi connectivity index (χ3v) is 3.35. The molecule has 1 rings (SSSR count). The van der Waals surface area contributed by atoms with Crippen LogP contribution in [-0.2, 0) is 4.74 Å². The number of hydrogen-bond acceptors (Lipinski definition) is 1. The number of ether oxygens (including phenoxy) is 1. The second kappa shape index (κ2) is 4.46. The van der Waals surface area contributed by atoms with Gasteiger partial charge in [0, 0.05) is 11.4 Å². The maximum atomic E-state index is 5.55. The quantitative estimate of drug-likeness (QED) is 0.665. The molecule has 1 aliphatic heterocycles. The SMILES string of the molecule is CC(Br)C(C)CC1CCCO1. The third-order valence-electron chi connectivity index (χ3n) is 2.44. The van der Waals surface area contributed by atoms with Crippen molar-refractivity contribution in [2.75, 3.05) is 6.61 Å². The van der Waals surface area contributed by atoms with Gasteiger partial charge < -0.3 is 4.74 Å². The fourth-order valence-electron chi connectivity index (χ4n) is 1.43. The van der Waals surface area contributed by atoms with Crippen LogP contribution in [0.5, 0.6) is 0 Å². The molecule has 0 amide bonds. The van der Waals surface area contributed by atoms with E-state index >= 15 is 0 Å². The molecule has 1 nitrogen and oxygen atoms in total. The molecule has 3 atom stereocenters. The van der Waals surface area contributed by atoms with Crippen molar-refractivity contribution in [3.05, 3.63) is 0 Å². The first-order valence-electron chi connectivity index (χ1n) is 4.46. The normalized spacial score (nSPS) is 30.3. The summed E-state index contributed by atoms with van der Waals surface area (Å²) in [6.45, 7) is 5.47. The summed E-state index contributed by atoms with van der Waals surface area (Å²) >= 11 is 3.59. The zero-order valence-corrected chi connectivity index (χ0v) is 8.93. The fraction of sp³-hybridized carbons (Fsp3) is 1.00. The van der Waals surface area contributed by atoms with Gasteiger partial charge in [-0.15, -0.1) is 0 Å². The predicted octanol–water partition coefficient (Wildman–Crippen LogP) is 2.98. The van der Waals surface area contributed by atoms with E-state index in [1.54, 1.807) is 0 Å². The van der Waals surface area contributed by atoms with Gasteiger partial charge in [-0.2, -0.15) is 0 Å². The molecule has 1 fully saturated rings. The summed E-state index contributed by atoms with van der Waals surface area (Å²) in [7, 11) is 0. The Balaban J connectivity index is 2.18. The Morgan fingerprint density at radius 2 is 2.27 bits per heavy atom. The van der Waals surface area contributed by atoms with Crippen LogP contribution >= 0.6 is 15.9 Å². The highest BCUT2D eigenvalue weighted by Crippen LogP contribution is 2.24. The fourth-order valence-corrected chi connectivity index (χ4v) is 1.65. The van der Waals surface area contributed by atoms with Crippen LogP contribution in [0.15, 0.2) is 0 Å².